The molecule has 0 aromatic carbocycles. The lowest BCUT2D eigenvalue weighted by Gasteiger charge is -2.35. The molecule has 1 saturated heterocycles. The molecule has 0 saturated carbocycles. The topological polar surface area (TPSA) is 40.5 Å². The summed E-state index contributed by atoms with van der Waals surface area (Å²) >= 11 is 1.88. The summed E-state index contributed by atoms with van der Waals surface area (Å²) in [6, 6.07) is 0. The summed E-state index contributed by atoms with van der Waals surface area (Å²) in [5.41, 5.74) is 0. The van der Waals surface area contributed by atoms with E-state index >= 15 is 0 Å². The fraction of sp³-hybridized carbons (Fsp3) is 0.917. The van der Waals surface area contributed by atoms with E-state index in [4.69, 9.17) is 5.11 Å². The second-order valence-electron chi connectivity index (χ2n) is 4.77. The van der Waals surface area contributed by atoms with Crippen LogP contribution in [0.15, 0.2) is 0 Å². The fourth-order valence-electron chi connectivity index (χ4n) is 2.42. The predicted octanol–water partition coefficient (Wildman–Crippen LogP) is 2.17. The quantitative estimate of drug-likeness (QED) is 0.778. The molecule has 16 heavy (non-hydrogen) atoms. The van der Waals surface area contributed by atoms with Gasteiger partial charge in [0.05, 0.1) is 0 Å². The zero-order valence-electron chi connectivity index (χ0n) is 10.3. The van der Waals surface area contributed by atoms with Gasteiger partial charge in [0.25, 0.3) is 0 Å². The first-order chi connectivity index (χ1) is 7.63. The Hall–Kier alpha value is -0.220. The molecule has 1 aliphatic heterocycles. The summed E-state index contributed by atoms with van der Waals surface area (Å²) < 4.78 is 0. The molecule has 1 rings (SSSR count). The molecule has 1 N–H and O–H groups in total. The van der Waals surface area contributed by atoms with E-state index in [0.717, 1.165) is 13.1 Å². The first-order valence-electron chi connectivity index (χ1n) is 6.06. The Morgan fingerprint density at radius 2 is 2.38 bits per heavy atom. The number of likely N-dealkylation sites (tertiary alicyclic amines) is 1. The highest BCUT2D eigenvalue weighted by Crippen LogP contribution is 2.26. The molecule has 4 heteroatoms. The number of carboxylic acid groups (broad SMARTS) is 1. The van der Waals surface area contributed by atoms with Crippen molar-refractivity contribution < 1.29 is 9.90 Å². The van der Waals surface area contributed by atoms with Crippen LogP contribution in [0, 0.1) is 11.8 Å². The van der Waals surface area contributed by atoms with Crippen LogP contribution in [0.5, 0.6) is 0 Å². The van der Waals surface area contributed by atoms with E-state index in [1.807, 2.05) is 11.8 Å². The smallest absolute Gasteiger partial charge is 0.303 e. The average Bonchev–Trinajstić information content (AvgIpc) is 2.26. The number of aliphatic carboxylic acids is 1. The Morgan fingerprint density at radius 3 is 3.00 bits per heavy atom. The summed E-state index contributed by atoms with van der Waals surface area (Å²) in [5, 5.41) is 8.80. The largest absolute Gasteiger partial charge is 0.481 e. The second-order valence-corrected chi connectivity index (χ2v) is 5.76. The third-order valence-corrected chi connectivity index (χ3v) is 4.05. The molecule has 1 heterocycles. The van der Waals surface area contributed by atoms with Gasteiger partial charge in [-0.25, -0.2) is 0 Å². The summed E-state index contributed by atoms with van der Waals surface area (Å²) in [6.07, 6.45) is 4.88. The van der Waals surface area contributed by atoms with Crippen LogP contribution >= 0.6 is 11.8 Å². The highest BCUT2D eigenvalue weighted by Gasteiger charge is 2.25. The van der Waals surface area contributed by atoms with Crippen LogP contribution in [-0.4, -0.2) is 47.6 Å². The molecule has 0 radical (unpaired) electrons. The zero-order valence-corrected chi connectivity index (χ0v) is 11.1. The molecular formula is C12H23NO2S. The normalized spacial score (nSPS) is 24.2. The van der Waals surface area contributed by atoms with Crippen molar-refractivity contribution in [3.05, 3.63) is 0 Å². The first kappa shape index (κ1) is 13.8. The molecular weight excluding hydrogens is 222 g/mol. The van der Waals surface area contributed by atoms with Crippen molar-refractivity contribution >= 4 is 17.7 Å². The fourth-order valence-corrected chi connectivity index (χ4v) is 2.86. The molecule has 0 bridgehead atoms. The van der Waals surface area contributed by atoms with Gasteiger partial charge < -0.3 is 10.0 Å². The molecule has 0 spiro atoms. The van der Waals surface area contributed by atoms with Gasteiger partial charge in [0.2, 0.25) is 0 Å². The highest BCUT2D eigenvalue weighted by molar-refractivity contribution is 7.98. The summed E-state index contributed by atoms with van der Waals surface area (Å²) in [6.45, 7) is 5.51. The molecule has 1 fully saturated rings. The number of thioether (sulfide) groups is 1. The number of rotatable bonds is 6. The summed E-state index contributed by atoms with van der Waals surface area (Å²) in [5.74, 6) is 1.41. The van der Waals surface area contributed by atoms with Gasteiger partial charge in [-0.3, -0.25) is 4.79 Å². The maximum absolute atomic E-state index is 10.7. The van der Waals surface area contributed by atoms with Gasteiger partial charge in [-0.05, 0) is 37.5 Å². The highest BCUT2D eigenvalue weighted by atomic mass is 32.2. The van der Waals surface area contributed by atoms with Crippen molar-refractivity contribution in [2.75, 3.05) is 31.6 Å². The van der Waals surface area contributed by atoms with E-state index in [1.165, 1.54) is 25.1 Å². The molecule has 1 aliphatic rings. The second kappa shape index (κ2) is 7.17. The minimum Gasteiger partial charge on any atom is -0.481 e. The molecule has 3 nitrogen and oxygen atoms in total. The first-order valence-corrected chi connectivity index (χ1v) is 7.46. The van der Waals surface area contributed by atoms with Gasteiger partial charge in [-0.15, -0.1) is 0 Å². The van der Waals surface area contributed by atoms with Crippen LogP contribution < -0.4 is 0 Å². The van der Waals surface area contributed by atoms with E-state index in [0.29, 0.717) is 18.3 Å². The van der Waals surface area contributed by atoms with E-state index < -0.39 is 5.97 Å². The van der Waals surface area contributed by atoms with Crippen LogP contribution in [0.4, 0.5) is 0 Å². The number of nitrogens with zero attached hydrogens (tertiary/aromatic N) is 1. The van der Waals surface area contributed by atoms with Crippen LogP contribution in [-0.2, 0) is 4.79 Å². The van der Waals surface area contributed by atoms with Crippen LogP contribution in [0.2, 0.25) is 0 Å². The molecule has 2 unspecified atom stereocenters. The van der Waals surface area contributed by atoms with Crippen molar-refractivity contribution in [2.45, 2.75) is 26.2 Å². The number of carbonyl (C=O) groups is 1. The SMILES string of the molecule is CSCCN1CCCC(C(C)CC(=O)O)C1. The Bertz CT molecular complexity index is 223. The number of hydrogen-bond acceptors (Lipinski definition) is 3. The van der Waals surface area contributed by atoms with E-state index in [-0.39, 0.29) is 0 Å². The third-order valence-electron chi connectivity index (χ3n) is 3.45. The van der Waals surface area contributed by atoms with Crippen molar-refractivity contribution in [1.82, 2.24) is 4.90 Å². The Balaban J connectivity index is 2.34. The van der Waals surface area contributed by atoms with Gasteiger partial charge in [0.1, 0.15) is 0 Å². The van der Waals surface area contributed by atoms with Crippen LogP contribution in [0.25, 0.3) is 0 Å². The minimum absolute atomic E-state index is 0.314. The third kappa shape index (κ3) is 4.74. The Kier molecular flexibility index (Phi) is 6.21. The summed E-state index contributed by atoms with van der Waals surface area (Å²) in [7, 11) is 0. The molecule has 2 atom stereocenters. The van der Waals surface area contributed by atoms with Crippen LogP contribution in [0.1, 0.15) is 26.2 Å². The molecule has 0 aromatic rings. The van der Waals surface area contributed by atoms with Gasteiger partial charge in [-0.2, -0.15) is 11.8 Å². The van der Waals surface area contributed by atoms with Gasteiger partial charge >= 0.3 is 5.97 Å². The monoisotopic (exact) mass is 245 g/mol. The van der Waals surface area contributed by atoms with Gasteiger partial charge in [0, 0.05) is 25.3 Å². The van der Waals surface area contributed by atoms with Crippen molar-refractivity contribution in [2.24, 2.45) is 11.8 Å². The average molecular weight is 245 g/mol. The lowest BCUT2D eigenvalue weighted by atomic mass is 9.85. The maximum Gasteiger partial charge on any atom is 0.303 e. The van der Waals surface area contributed by atoms with E-state index in [1.54, 1.807) is 0 Å². The standard InChI is InChI=1S/C12H23NO2S/c1-10(8-12(14)15)11-4-3-5-13(9-11)6-7-16-2/h10-11H,3-9H2,1-2H3,(H,14,15). The number of piperidine rings is 1. The predicted molar refractivity (Wildman–Crippen MR) is 69.0 cm³/mol. The molecule has 0 aliphatic carbocycles. The van der Waals surface area contributed by atoms with Gasteiger partial charge in [-0.1, -0.05) is 6.92 Å². The van der Waals surface area contributed by atoms with E-state index in [9.17, 15) is 4.79 Å². The Morgan fingerprint density at radius 1 is 1.62 bits per heavy atom. The van der Waals surface area contributed by atoms with Crippen molar-refractivity contribution in [3.63, 3.8) is 0 Å². The zero-order chi connectivity index (χ0) is 12.0. The Labute approximate surface area is 103 Å². The maximum atomic E-state index is 10.7. The number of carboxylic acids is 1. The minimum atomic E-state index is -0.659. The lowest BCUT2D eigenvalue weighted by molar-refractivity contribution is -0.138. The molecule has 0 amide bonds. The molecule has 94 valence electrons. The van der Waals surface area contributed by atoms with Crippen LogP contribution in [0.3, 0.4) is 0 Å². The van der Waals surface area contributed by atoms with Crippen molar-refractivity contribution in [1.29, 1.82) is 0 Å². The van der Waals surface area contributed by atoms with E-state index in [2.05, 4.69) is 18.1 Å². The van der Waals surface area contributed by atoms with Gasteiger partial charge in [0.15, 0.2) is 0 Å². The number of hydrogen-bond donors (Lipinski definition) is 1. The molecule has 0 aromatic heterocycles. The van der Waals surface area contributed by atoms with Crippen molar-refractivity contribution in [3.8, 4) is 0 Å². The lowest BCUT2D eigenvalue weighted by Crippen LogP contribution is -2.39. The summed E-state index contributed by atoms with van der Waals surface area (Å²) in [4.78, 5) is 13.2.